The highest BCUT2D eigenvalue weighted by Crippen LogP contribution is 2.15. The van der Waals surface area contributed by atoms with E-state index in [9.17, 15) is 5.11 Å². The van der Waals surface area contributed by atoms with Gasteiger partial charge in [0.15, 0.2) is 0 Å². The molecule has 0 heterocycles. The van der Waals surface area contributed by atoms with Crippen molar-refractivity contribution in [3.8, 4) is 0 Å². The van der Waals surface area contributed by atoms with E-state index in [0.29, 0.717) is 0 Å². The standard InChI is InChI=1S/C19H39NO3/c1-3-4-5-6-7-8-9-10-11-12-13-14-17(23-2)15-19(22)18(20)16-21/h15,18-19,21-22H,3-14,16,20H2,1-2H3. The van der Waals surface area contributed by atoms with Gasteiger partial charge < -0.3 is 20.7 Å². The number of aliphatic hydroxyl groups is 2. The molecule has 0 aromatic rings. The van der Waals surface area contributed by atoms with Crippen molar-refractivity contribution in [2.75, 3.05) is 13.7 Å². The van der Waals surface area contributed by atoms with Gasteiger partial charge in [-0.3, -0.25) is 0 Å². The molecule has 0 aliphatic rings. The highest BCUT2D eigenvalue weighted by Gasteiger charge is 2.12. The van der Waals surface area contributed by atoms with Gasteiger partial charge in [-0.05, 0) is 12.5 Å². The van der Waals surface area contributed by atoms with Gasteiger partial charge in [0.05, 0.1) is 31.6 Å². The van der Waals surface area contributed by atoms with E-state index in [2.05, 4.69) is 6.92 Å². The van der Waals surface area contributed by atoms with Gasteiger partial charge in [-0.15, -0.1) is 0 Å². The highest BCUT2D eigenvalue weighted by atomic mass is 16.5. The Hall–Kier alpha value is -0.580. The van der Waals surface area contributed by atoms with Crippen molar-refractivity contribution >= 4 is 0 Å². The summed E-state index contributed by atoms with van der Waals surface area (Å²) >= 11 is 0. The van der Waals surface area contributed by atoms with Gasteiger partial charge in [0.2, 0.25) is 0 Å². The number of rotatable bonds is 16. The maximum atomic E-state index is 9.75. The van der Waals surface area contributed by atoms with Crippen LogP contribution in [0.2, 0.25) is 0 Å². The number of nitrogens with two attached hydrogens (primary N) is 1. The average molecular weight is 330 g/mol. The van der Waals surface area contributed by atoms with Crippen molar-refractivity contribution in [3.63, 3.8) is 0 Å². The van der Waals surface area contributed by atoms with E-state index in [1.807, 2.05) is 0 Å². The van der Waals surface area contributed by atoms with Gasteiger partial charge in [-0.25, -0.2) is 0 Å². The Labute approximate surface area is 143 Å². The van der Waals surface area contributed by atoms with Crippen LogP contribution in [0.3, 0.4) is 0 Å². The van der Waals surface area contributed by atoms with Crippen LogP contribution >= 0.6 is 0 Å². The number of methoxy groups -OCH3 is 1. The number of allylic oxidation sites excluding steroid dienone is 1. The van der Waals surface area contributed by atoms with Crippen LogP contribution in [0.1, 0.15) is 84.0 Å². The lowest BCUT2D eigenvalue weighted by molar-refractivity contribution is 0.138. The Balaban J connectivity index is 3.56. The van der Waals surface area contributed by atoms with Gasteiger partial charge in [0, 0.05) is 6.42 Å². The molecule has 23 heavy (non-hydrogen) atoms. The Morgan fingerprint density at radius 3 is 1.87 bits per heavy atom. The molecule has 4 nitrogen and oxygen atoms in total. The van der Waals surface area contributed by atoms with Crippen LogP contribution < -0.4 is 5.73 Å². The molecule has 4 N–H and O–H groups in total. The summed E-state index contributed by atoms with van der Waals surface area (Å²) in [6.07, 6.45) is 16.1. The second kappa shape index (κ2) is 16.3. The first-order valence-electron chi connectivity index (χ1n) is 9.44. The molecule has 0 aliphatic carbocycles. The van der Waals surface area contributed by atoms with E-state index in [4.69, 9.17) is 15.6 Å². The van der Waals surface area contributed by atoms with Crippen molar-refractivity contribution in [2.45, 2.75) is 96.1 Å². The van der Waals surface area contributed by atoms with Crippen molar-refractivity contribution in [3.05, 3.63) is 11.8 Å². The fourth-order valence-corrected chi connectivity index (χ4v) is 2.64. The summed E-state index contributed by atoms with van der Waals surface area (Å²) in [5, 5.41) is 18.7. The summed E-state index contributed by atoms with van der Waals surface area (Å²) in [6, 6.07) is -0.641. The van der Waals surface area contributed by atoms with Crippen molar-refractivity contribution in [2.24, 2.45) is 5.73 Å². The van der Waals surface area contributed by atoms with Crippen LogP contribution in [0.15, 0.2) is 11.8 Å². The zero-order valence-corrected chi connectivity index (χ0v) is 15.3. The van der Waals surface area contributed by atoms with Crippen LogP contribution in [0, 0.1) is 0 Å². The first kappa shape index (κ1) is 22.4. The van der Waals surface area contributed by atoms with E-state index in [-0.39, 0.29) is 6.61 Å². The molecule has 0 aliphatic heterocycles. The molecular formula is C19H39NO3. The lowest BCUT2D eigenvalue weighted by atomic mass is 10.0. The lowest BCUT2D eigenvalue weighted by Crippen LogP contribution is -2.36. The molecule has 0 fully saturated rings. The Kier molecular flexibility index (Phi) is 15.9. The molecule has 4 heteroatoms. The third kappa shape index (κ3) is 13.5. The largest absolute Gasteiger partial charge is 0.501 e. The van der Waals surface area contributed by atoms with E-state index in [0.717, 1.165) is 18.6 Å². The minimum Gasteiger partial charge on any atom is -0.501 e. The van der Waals surface area contributed by atoms with Crippen LogP contribution in [-0.4, -0.2) is 36.1 Å². The van der Waals surface area contributed by atoms with Crippen LogP contribution in [0.5, 0.6) is 0 Å². The van der Waals surface area contributed by atoms with Gasteiger partial charge in [0.1, 0.15) is 0 Å². The minimum absolute atomic E-state index is 0.229. The van der Waals surface area contributed by atoms with E-state index < -0.39 is 12.1 Å². The summed E-state index contributed by atoms with van der Waals surface area (Å²) in [5.74, 6) is 0.761. The fraction of sp³-hybridized carbons (Fsp3) is 0.895. The normalized spacial score (nSPS) is 14.7. The van der Waals surface area contributed by atoms with Crippen LogP contribution in [0.4, 0.5) is 0 Å². The monoisotopic (exact) mass is 329 g/mol. The Morgan fingerprint density at radius 1 is 0.957 bits per heavy atom. The molecule has 0 aromatic carbocycles. The van der Waals surface area contributed by atoms with Gasteiger partial charge >= 0.3 is 0 Å². The van der Waals surface area contributed by atoms with Crippen molar-refractivity contribution < 1.29 is 14.9 Å². The highest BCUT2D eigenvalue weighted by molar-refractivity contribution is 5.00. The molecule has 0 spiro atoms. The summed E-state index contributed by atoms with van der Waals surface area (Å²) in [5.41, 5.74) is 5.58. The lowest BCUT2D eigenvalue weighted by Gasteiger charge is -2.14. The second-order valence-electron chi connectivity index (χ2n) is 6.46. The fourth-order valence-electron chi connectivity index (χ4n) is 2.64. The molecular weight excluding hydrogens is 290 g/mol. The smallest absolute Gasteiger partial charge is 0.0941 e. The quantitative estimate of drug-likeness (QED) is 0.296. The van der Waals surface area contributed by atoms with Crippen LogP contribution in [-0.2, 0) is 4.74 Å². The molecule has 0 aromatic heterocycles. The molecule has 2 atom stereocenters. The maximum absolute atomic E-state index is 9.75. The zero-order chi connectivity index (χ0) is 17.3. The molecule has 0 rings (SSSR count). The summed E-state index contributed by atoms with van der Waals surface area (Å²) in [7, 11) is 1.61. The first-order chi connectivity index (χ1) is 11.2. The van der Waals surface area contributed by atoms with Crippen LogP contribution in [0.25, 0.3) is 0 Å². The third-order valence-corrected chi connectivity index (χ3v) is 4.30. The van der Waals surface area contributed by atoms with Gasteiger partial charge in [-0.1, -0.05) is 71.1 Å². The predicted octanol–water partition coefficient (Wildman–Crippen LogP) is 3.90. The number of hydrogen-bond acceptors (Lipinski definition) is 4. The summed E-state index contributed by atoms with van der Waals surface area (Å²) in [6.45, 7) is 2.03. The second-order valence-corrected chi connectivity index (χ2v) is 6.46. The van der Waals surface area contributed by atoms with Crippen molar-refractivity contribution in [1.29, 1.82) is 0 Å². The molecule has 0 amide bonds. The number of hydrogen-bond donors (Lipinski definition) is 3. The van der Waals surface area contributed by atoms with Gasteiger partial charge in [0.25, 0.3) is 0 Å². The third-order valence-electron chi connectivity index (χ3n) is 4.30. The number of aliphatic hydroxyl groups excluding tert-OH is 2. The predicted molar refractivity (Wildman–Crippen MR) is 97.2 cm³/mol. The average Bonchev–Trinajstić information content (AvgIpc) is 2.57. The molecule has 138 valence electrons. The van der Waals surface area contributed by atoms with E-state index in [1.165, 1.54) is 64.2 Å². The SMILES string of the molecule is CCCCCCCCCCCCCC(=CC(O)C(N)CO)OC. The Bertz CT molecular complexity index is 282. The summed E-state index contributed by atoms with van der Waals surface area (Å²) in [4.78, 5) is 0. The van der Waals surface area contributed by atoms with E-state index in [1.54, 1.807) is 13.2 Å². The molecule has 0 bridgehead atoms. The topological polar surface area (TPSA) is 75.7 Å². The molecule has 0 saturated carbocycles. The molecule has 0 saturated heterocycles. The summed E-state index contributed by atoms with van der Waals surface area (Å²) < 4.78 is 5.27. The first-order valence-corrected chi connectivity index (χ1v) is 9.44. The Morgan fingerprint density at radius 2 is 1.43 bits per heavy atom. The van der Waals surface area contributed by atoms with Gasteiger partial charge in [-0.2, -0.15) is 0 Å². The zero-order valence-electron chi connectivity index (χ0n) is 15.3. The molecule has 0 radical (unpaired) electrons. The number of unbranched alkanes of at least 4 members (excludes halogenated alkanes) is 10. The van der Waals surface area contributed by atoms with Crippen molar-refractivity contribution in [1.82, 2.24) is 0 Å². The maximum Gasteiger partial charge on any atom is 0.0941 e. The molecule has 2 unspecified atom stereocenters. The van der Waals surface area contributed by atoms with E-state index >= 15 is 0 Å². The number of ether oxygens (including phenoxy) is 1. The minimum atomic E-state index is -0.845.